The van der Waals surface area contributed by atoms with Gasteiger partial charge in [0.05, 0.1) is 0 Å². The Hall–Kier alpha value is -0.980. The van der Waals surface area contributed by atoms with Crippen LogP contribution in [0.4, 0.5) is 8.78 Å². The van der Waals surface area contributed by atoms with Crippen molar-refractivity contribution in [1.82, 2.24) is 5.32 Å². The molecule has 0 unspecified atom stereocenters. The maximum absolute atomic E-state index is 12.3. The van der Waals surface area contributed by atoms with Crippen molar-refractivity contribution in [2.45, 2.75) is 19.7 Å². The lowest BCUT2D eigenvalue weighted by molar-refractivity contribution is -0.0505. The minimum Gasteiger partial charge on any atom is -0.434 e. The molecule has 0 bridgehead atoms. The fourth-order valence-electron chi connectivity index (χ4n) is 1.63. The Morgan fingerprint density at radius 1 is 1.26 bits per heavy atom. The average molecular weight is 348 g/mol. The van der Waals surface area contributed by atoms with Gasteiger partial charge < -0.3 is 10.1 Å². The van der Waals surface area contributed by atoms with Gasteiger partial charge in [-0.2, -0.15) is 20.1 Å². The second-order valence-electron chi connectivity index (χ2n) is 3.87. The Bertz CT molecular complexity index is 519. The maximum atomic E-state index is 12.3. The van der Waals surface area contributed by atoms with E-state index in [1.54, 1.807) is 23.5 Å². The van der Waals surface area contributed by atoms with E-state index in [0.29, 0.717) is 18.7 Å². The van der Waals surface area contributed by atoms with E-state index in [1.807, 2.05) is 16.8 Å². The summed E-state index contributed by atoms with van der Waals surface area (Å²) in [6.07, 6.45) is 0. The van der Waals surface area contributed by atoms with Gasteiger partial charge in [-0.1, -0.05) is 15.9 Å². The van der Waals surface area contributed by atoms with Crippen LogP contribution >= 0.6 is 27.3 Å². The number of halogens is 3. The van der Waals surface area contributed by atoms with Gasteiger partial charge in [0, 0.05) is 23.1 Å². The molecule has 0 saturated carbocycles. The SMILES string of the molecule is FC(F)Oc1ccc(Br)cc1CNCc1ccsc1. The van der Waals surface area contributed by atoms with Crippen molar-refractivity contribution in [3.8, 4) is 5.75 Å². The molecule has 0 saturated heterocycles. The van der Waals surface area contributed by atoms with Gasteiger partial charge in [0.2, 0.25) is 0 Å². The molecule has 2 aromatic rings. The Morgan fingerprint density at radius 2 is 2.11 bits per heavy atom. The second-order valence-corrected chi connectivity index (χ2v) is 5.56. The van der Waals surface area contributed by atoms with E-state index in [4.69, 9.17) is 0 Å². The lowest BCUT2D eigenvalue weighted by atomic mass is 10.2. The minimum atomic E-state index is -2.81. The van der Waals surface area contributed by atoms with Gasteiger partial charge in [-0.25, -0.2) is 0 Å². The number of benzene rings is 1. The Balaban J connectivity index is 1.99. The van der Waals surface area contributed by atoms with Gasteiger partial charge in [-0.05, 0) is 40.6 Å². The molecule has 0 spiro atoms. The normalized spacial score (nSPS) is 10.9. The first kappa shape index (κ1) is 14.4. The van der Waals surface area contributed by atoms with Gasteiger partial charge in [-0.15, -0.1) is 0 Å². The fraction of sp³-hybridized carbons (Fsp3) is 0.231. The summed E-state index contributed by atoms with van der Waals surface area (Å²) in [5.74, 6) is 0.205. The van der Waals surface area contributed by atoms with Crippen LogP contribution in [0.15, 0.2) is 39.5 Å². The van der Waals surface area contributed by atoms with E-state index >= 15 is 0 Å². The van der Waals surface area contributed by atoms with Gasteiger partial charge >= 0.3 is 6.61 Å². The molecule has 0 aliphatic rings. The standard InChI is InChI=1S/C13H12BrF2NOS/c14-11-1-2-12(18-13(15)16)10(5-11)7-17-6-9-3-4-19-8-9/h1-5,8,13,17H,6-7H2. The molecular weight excluding hydrogens is 336 g/mol. The van der Waals surface area contributed by atoms with Crippen molar-refractivity contribution in [3.63, 3.8) is 0 Å². The molecule has 0 radical (unpaired) electrons. The molecular formula is C13H12BrF2NOS. The summed E-state index contributed by atoms with van der Waals surface area (Å²) in [5, 5.41) is 7.25. The third kappa shape index (κ3) is 4.56. The summed E-state index contributed by atoms with van der Waals surface area (Å²) in [6, 6.07) is 7.02. The van der Waals surface area contributed by atoms with E-state index < -0.39 is 6.61 Å². The zero-order valence-electron chi connectivity index (χ0n) is 9.91. The monoisotopic (exact) mass is 347 g/mol. The summed E-state index contributed by atoms with van der Waals surface area (Å²) in [5.41, 5.74) is 1.88. The molecule has 2 rings (SSSR count). The van der Waals surface area contributed by atoms with Crippen LogP contribution in [-0.4, -0.2) is 6.61 Å². The fourth-order valence-corrected chi connectivity index (χ4v) is 2.71. The first-order valence-corrected chi connectivity index (χ1v) is 7.34. The number of alkyl halides is 2. The Kier molecular flexibility index (Phi) is 5.30. The summed E-state index contributed by atoms with van der Waals surface area (Å²) in [7, 11) is 0. The van der Waals surface area contributed by atoms with E-state index in [2.05, 4.69) is 26.0 Å². The van der Waals surface area contributed by atoms with Crippen molar-refractivity contribution in [1.29, 1.82) is 0 Å². The first-order valence-electron chi connectivity index (χ1n) is 5.60. The molecule has 19 heavy (non-hydrogen) atoms. The lowest BCUT2D eigenvalue weighted by Crippen LogP contribution is -2.14. The van der Waals surface area contributed by atoms with Crippen LogP contribution in [0.25, 0.3) is 0 Å². The Morgan fingerprint density at radius 3 is 2.79 bits per heavy atom. The maximum Gasteiger partial charge on any atom is 0.387 e. The number of ether oxygens (including phenoxy) is 1. The van der Waals surface area contributed by atoms with Crippen LogP contribution in [0.1, 0.15) is 11.1 Å². The van der Waals surface area contributed by atoms with Crippen molar-refractivity contribution in [2.75, 3.05) is 0 Å². The molecule has 0 amide bonds. The van der Waals surface area contributed by atoms with Crippen LogP contribution < -0.4 is 10.1 Å². The molecule has 6 heteroatoms. The highest BCUT2D eigenvalue weighted by atomic mass is 79.9. The average Bonchev–Trinajstić information content (AvgIpc) is 2.85. The molecule has 0 atom stereocenters. The third-order valence-electron chi connectivity index (χ3n) is 2.46. The number of thiophene rings is 1. The second kappa shape index (κ2) is 6.98. The van der Waals surface area contributed by atoms with Crippen LogP contribution in [0.3, 0.4) is 0 Å². The van der Waals surface area contributed by atoms with Crippen LogP contribution in [-0.2, 0) is 13.1 Å². The number of hydrogen-bond donors (Lipinski definition) is 1. The molecule has 1 N–H and O–H groups in total. The van der Waals surface area contributed by atoms with E-state index in [9.17, 15) is 8.78 Å². The quantitative estimate of drug-likeness (QED) is 0.835. The lowest BCUT2D eigenvalue weighted by Gasteiger charge is -2.11. The van der Waals surface area contributed by atoms with Gasteiger partial charge in [0.15, 0.2) is 0 Å². The summed E-state index contributed by atoms with van der Waals surface area (Å²) in [4.78, 5) is 0. The smallest absolute Gasteiger partial charge is 0.387 e. The van der Waals surface area contributed by atoms with Gasteiger partial charge in [0.25, 0.3) is 0 Å². The zero-order chi connectivity index (χ0) is 13.7. The van der Waals surface area contributed by atoms with Crippen molar-refractivity contribution >= 4 is 27.3 Å². The van der Waals surface area contributed by atoms with Crippen molar-refractivity contribution < 1.29 is 13.5 Å². The minimum absolute atomic E-state index is 0.205. The summed E-state index contributed by atoms with van der Waals surface area (Å²) >= 11 is 4.95. The van der Waals surface area contributed by atoms with Gasteiger partial charge in [-0.3, -0.25) is 0 Å². The topological polar surface area (TPSA) is 21.3 Å². The predicted molar refractivity (Wildman–Crippen MR) is 75.6 cm³/mol. The van der Waals surface area contributed by atoms with Crippen molar-refractivity contribution in [3.05, 3.63) is 50.6 Å². The predicted octanol–water partition coefficient (Wildman–Crippen LogP) is 4.40. The molecule has 1 aromatic carbocycles. The molecule has 0 aliphatic carbocycles. The van der Waals surface area contributed by atoms with E-state index in [1.165, 1.54) is 11.6 Å². The number of nitrogens with one attached hydrogen (secondary N) is 1. The van der Waals surface area contributed by atoms with E-state index in [-0.39, 0.29) is 5.75 Å². The van der Waals surface area contributed by atoms with Gasteiger partial charge in [0.1, 0.15) is 5.75 Å². The van der Waals surface area contributed by atoms with Crippen LogP contribution in [0.2, 0.25) is 0 Å². The number of hydrogen-bond acceptors (Lipinski definition) is 3. The van der Waals surface area contributed by atoms with Crippen molar-refractivity contribution in [2.24, 2.45) is 0 Å². The number of rotatable bonds is 6. The molecule has 0 aliphatic heterocycles. The molecule has 0 fully saturated rings. The highest BCUT2D eigenvalue weighted by Gasteiger charge is 2.10. The van der Waals surface area contributed by atoms with Crippen LogP contribution in [0, 0.1) is 0 Å². The summed E-state index contributed by atoms with van der Waals surface area (Å²) < 4.78 is 29.9. The summed E-state index contributed by atoms with van der Waals surface area (Å²) in [6.45, 7) is -1.64. The molecule has 1 heterocycles. The third-order valence-corrected chi connectivity index (χ3v) is 3.69. The highest BCUT2D eigenvalue weighted by molar-refractivity contribution is 9.10. The largest absolute Gasteiger partial charge is 0.434 e. The zero-order valence-corrected chi connectivity index (χ0v) is 12.3. The molecule has 2 nitrogen and oxygen atoms in total. The molecule has 102 valence electrons. The van der Waals surface area contributed by atoms with Crippen LogP contribution in [0.5, 0.6) is 5.75 Å². The highest BCUT2D eigenvalue weighted by Crippen LogP contribution is 2.24. The molecule has 1 aromatic heterocycles. The Labute approximate surface area is 122 Å². The van der Waals surface area contributed by atoms with E-state index in [0.717, 1.165) is 4.47 Å². The first-order chi connectivity index (χ1) is 9.15.